The molecule has 0 aromatic carbocycles. The van der Waals surface area contributed by atoms with Crippen molar-refractivity contribution in [3.8, 4) is 0 Å². The van der Waals surface area contributed by atoms with Gasteiger partial charge in [-0.1, -0.05) is 5.21 Å². The molecule has 0 bridgehead atoms. The minimum atomic E-state index is -5.08. The number of rotatable bonds is 6. The van der Waals surface area contributed by atoms with E-state index in [0.29, 0.717) is 12.5 Å². The Morgan fingerprint density at radius 1 is 1.34 bits per heavy atom. The summed E-state index contributed by atoms with van der Waals surface area (Å²) in [6.07, 6.45) is 1.48. The topological polar surface area (TPSA) is 85.4 Å². The van der Waals surface area contributed by atoms with Crippen LogP contribution in [-0.4, -0.2) is 61.9 Å². The molecule has 2 aromatic rings. The standard InChI is InChI=1S/C16H25N5O.C2HF3O2/c1-19-7-3-4-16(19)12-20-8-5-14(6-9-20)10-21-11-15(13-22-2)17-18-21;3-2(4,5)1(6)7/h3-4,7,11,14H,5-6,8-10,12-13H2,1-2H3;(H,6,7). The normalized spacial score (nSPS) is 15.8. The largest absolute Gasteiger partial charge is 0.490 e. The molecule has 0 unspecified atom stereocenters. The maximum Gasteiger partial charge on any atom is 0.490 e. The lowest BCUT2D eigenvalue weighted by Crippen LogP contribution is -2.35. The van der Waals surface area contributed by atoms with Gasteiger partial charge in [0.15, 0.2) is 0 Å². The van der Waals surface area contributed by atoms with Crippen LogP contribution in [0.25, 0.3) is 0 Å². The highest BCUT2D eigenvalue weighted by atomic mass is 19.4. The predicted molar refractivity (Wildman–Crippen MR) is 97.8 cm³/mol. The molecule has 0 aliphatic carbocycles. The monoisotopic (exact) mass is 417 g/mol. The quantitative estimate of drug-likeness (QED) is 0.777. The third kappa shape index (κ3) is 7.50. The second-order valence-electron chi connectivity index (χ2n) is 7.00. The zero-order chi connectivity index (χ0) is 21.4. The van der Waals surface area contributed by atoms with Crippen molar-refractivity contribution in [2.45, 2.75) is 38.7 Å². The van der Waals surface area contributed by atoms with Crippen molar-refractivity contribution >= 4 is 5.97 Å². The van der Waals surface area contributed by atoms with E-state index in [-0.39, 0.29) is 0 Å². The summed E-state index contributed by atoms with van der Waals surface area (Å²) in [4.78, 5) is 11.4. The second-order valence-corrected chi connectivity index (χ2v) is 7.00. The average Bonchev–Trinajstić information content (AvgIpc) is 3.26. The molecule has 1 N–H and O–H groups in total. The lowest BCUT2D eigenvalue weighted by atomic mass is 9.97. The number of carbonyl (C=O) groups is 1. The number of carboxylic acid groups (broad SMARTS) is 1. The number of aryl methyl sites for hydroxylation is 1. The van der Waals surface area contributed by atoms with Crippen LogP contribution in [0.2, 0.25) is 0 Å². The molecule has 29 heavy (non-hydrogen) atoms. The Hall–Kier alpha value is -2.40. The molecule has 1 saturated heterocycles. The average molecular weight is 417 g/mol. The SMILES string of the molecule is COCc1cn(CC2CCN(Cc3cccn3C)CC2)nn1.O=C(O)C(F)(F)F. The van der Waals surface area contributed by atoms with Gasteiger partial charge in [-0.3, -0.25) is 9.58 Å². The highest BCUT2D eigenvalue weighted by Gasteiger charge is 2.38. The van der Waals surface area contributed by atoms with Crippen LogP contribution in [-0.2, 0) is 36.3 Å². The van der Waals surface area contributed by atoms with E-state index >= 15 is 0 Å². The van der Waals surface area contributed by atoms with Gasteiger partial charge in [0.05, 0.1) is 12.8 Å². The number of aromatic nitrogens is 4. The first kappa shape index (κ1) is 22.9. The van der Waals surface area contributed by atoms with Crippen molar-refractivity contribution in [3.63, 3.8) is 0 Å². The fourth-order valence-corrected chi connectivity index (χ4v) is 3.12. The molecule has 0 amide bonds. The van der Waals surface area contributed by atoms with Crippen molar-refractivity contribution in [1.82, 2.24) is 24.5 Å². The number of likely N-dealkylation sites (tertiary alicyclic amines) is 1. The molecule has 1 aliphatic heterocycles. The van der Waals surface area contributed by atoms with Gasteiger partial charge in [-0.15, -0.1) is 5.10 Å². The van der Waals surface area contributed by atoms with Crippen LogP contribution < -0.4 is 0 Å². The first-order valence-corrected chi connectivity index (χ1v) is 9.19. The third-order valence-corrected chi connectivity index (χ3v) is 4.71. The van der Waals surface area contributed by atoms with E-state index < -0.39 is 12.1 Å². The Morgan fingerprint density at radius 2 is 2.00 bits per heavy atom. The zero-order valence-corrected chi connectivity index (χ0v) is 16.5. The van der Waals surface area contributed by atoms with Crippen molar-refractivity contribution in [1.29, 1.82) is 0 Å². The Balaban J connectivity index is 0.000000370. The molecule has 2 aromatic heterocycles. The number of ether oxygens (including phenoxy) is 1. The molecule has 1 aliphatic rings. The molecular weight excluding hydrogens is 391 g/mol. The van der Waals surface area contributed by atoms with Gasteiger partial charge in [0.25, 0.3) is 0 Å². The summed E-state index contributed by atoms with van der Waals surface area (Å²) in [7, 11) is 3.80. The smallest absolute Gasteiger partial charge is 0.475 e. The number of halogens is 3. The minimum absolute atomic E-state index is 0.537. The lowest BCUT2D eigenvalue weighted by Gasteiger charge is -2.31. The Morgan fingerprint density at radius 3 is 2.52 bits per heavy atom. The number of aliphatic carboxylic acids is 1. The fraction of sp³-hybridized carbons (Fsp3) is 0.611. The fourth-order valence-electron chi connectivity index (χ4n) is 3.12. The van der Waals surface area contributed by atoms with Crippen LogP contribution in [0.5, 0.6) is 0 Å². The van der Waals surface area contributed by atoms with Crippen molar-refractivity contribution in [2.75, 3.05) is 20.2 Å². The highest BCUT2D eigenvalue weighted by Crippen LogP contribution is 2.20. The van der Waals surface area contributed by atoms with E-state index in [2.05, 4.69) is 45.2 Å². The van der Waals surface area contributed by atoms with E-state index in [9.17, 15) is 13.2 Å². The molecule has 3 heterocycles. The minimum Gasteiger partial charge on any atom is -0.475 e. The zero-order valence-electron chi connectivity index (χ0n) is 16.5. The summed E-state index contributed by atoms with van der Waals surface area (Å²) in [5.74, 6) is -2.06. The number of alkyl halides is 3. The van der Waals surface area contributed by atoms with Crippen LogP contribution in [0.15, 0.2) is 24.5 Å². The van der Waals surface area contributed by atoms with Crippen LogP contribution in [0, 0.1) is 5.92 Å². The summed E-state index contributed by atoms with van der Waals surface area (Å²) < 4.78 is 41.0. The van der Waals surface area contributed by atoms with Gasteiger partial charge in [0.2, 0.25) is 0 Å². The van der Waals surface area contributed by atoms with Gasteiger partial charge < -0.3 is 14.4 Å². The van der Waals surface area contributed by atoms with Crippen LogP contribution in [0.4, 0.5) is 13.2 Å². The van der Waals surface area contributed by atoms with Crippen molar-refractivity contribution < 1.29 is 27.8 Å². The van der Waals surface area contributed by atoms with E-state index in [1.165, 1.54) is 18.5 Å². The van der Waals surface area contributed by atoms with E-state index in [4.69, 9.17) is 14.6 Å². The predicted octanol–water partition coefficient (Wildman–Crippen LogP) is 2.31. The summed E-state index contributed by atoms with van der Waals surface area (Å²) in [6.45, 7) is 4.88. The highest BCUT2D eigenvalue weighted by molar-refractivity contribution is 5.73. The van der Waals surface area contributed by atoms with Gasteiger partial charge in [0.1, 0.15) is 5.69 Å². The summed E-state index contributed by atoms with van der Waals surface area (Å²) in [5.41, 5.74) is 2.29. The molecule has 0 atom stereocenters. The van der Waals surface area contributed by atoms with E-state index in [1.807, 2.05) is 10.9 Å². The van der Waals surface area contributed by atoms with Gasteiger partial charge in [0, 0.05) is 39.1 Å². The maximum absolute atomic E-state index is 10.6. The van der Waals surface area contributed by atoms with Crippen molar-refractivity contribution in [3.05, 3.63) is 35.9 Å². The molecule has 0 spiro atoms. The first-order chi connectivity index (χ1) is 13.7. The van der Waals surface area contributed by atoms with E-state index in [0.717, 1.165) is 31.9 Å². The number of carboxylic acids is 1. The molecule has 11 heteroatoms. The number of methoxy groups -OCH3 is 1. The number of hydrogen-bond acceptors (Lipinski definition) is 5. The Labute approximate surface area is 166 Å². The molecule has 8 nitrogen and oxygen atoms in total. The lowest BCUT2D eigenvalue weighted by molar-refractivity contribution is -0.192. The number of piperidine rings is 1. The summed E-state index contributed by atoms with van der Waals surface area (Å²) >= 11 is 0. The maximum atomic E-state index is 10.6. The molecule has 0 saturated carbocycles. The number of nitrogens with zero attached hydrogens (tertiary/aromatic N) is 5. The van der Waals surface area contributed by atoms with Gasteiger partial charge in [-0.05, 0) is 44.0 Å². The van der Waals surface area contributed by atoms with Crippen LogP contribution >= 0.6 is 0 Å². The molecule has 162 valence electrons. The van der Waals surface area contributed by atoms with Gasteiger partial charge >= 0.3 is 12.1 Å². The van der Waals surface area contributed by atoms with Gasteiger partial charge in [-0.2, -0.15) is 13.2 Å². The molecular formula is C18H26F3N5O3. The molecule has 3 rings (SSSR count). The summed E-state index contributed by atoms with van der Waals surface area (Å²) in [5, 5.41) is 15.4. The van der Waals surface area contributed by atoms with Crippen LogP contribution in [0.1, 0.15) is 24.2 Å². The second kappa shape index (κ2) is 10.4. The van der Waals surface area contributed by atoms with Crippen molar-refractivity contribution in [2.24, 2.45) is 13.0 Å². The Bertz CT molecular complexity index is 767. The molecule has 1 fully saturated rings. The van der Waals surface area contributed by atoms with Crippen LogP contribution in [0.3, 0.4) is 0 Å². The van der Waals surface area contributed by atoms with E-state index in [1.54, 1.807) is 7.11 Å². The number of hydrogen-bond donors (Lipinski definition) is 1. The third-order valence-electron chi connectivity index (χ3n) is 4.71. The van der Waals surface area contributed by atoms with Gasteiger partial charge in [-0.25, -0.2) is 4.79 Å². The molecule has 0 radical (unpaired) electrons. The first-order valence-electron chi connectivity index (χ1n) is 9.19. The summed E-state index contributed by atoms with van der Waals surface area (Å²) in [6, 6.07) is 4.32. The Kier molecular flexibility index (Phi) is 8.21.